The summed E-state index contributed by atoms with van der Waals surface area (Å²) in [7, 11) is 1.86. The third-order valence-corrected chi connectivity index (χ3v) is 5.65. The fraction of sp³-hybridized carbons (Fsp3) is 0.263. The SMILES string of the molecule is CSC1=N[C@@H](c2ccc(-c3cc([N+](=O)[O-])ccc3Cl)o2)C(C(C)=O)=C(C)N1C. The molecular weight excluding hydrogens is 402 g/mol. The van der Waals surface area contributed by atoms with Crippen molar-refractivity contribution in [3.63, 3.8) is 0 Å². The van der Waals surface area contributed by atoms with E-state index in [9.17, 15) is 14.9 Å². The van der Waals surface area contributed by atoms with Crippen molar-refractivity contribution in [3.8, 4) is 11.3 Å². The lowest BCUT2D eigenvalue weighted by Gasteiger charge is -2.30. The zero-order valence-corrected chi connectivity index (χ0v) is 17.3. The summed E-state index contributed by atoms with van der Waals surface area (Å²) in [6.07, 6.45) is 1.91. The van der Waals surface area contributed by atoms with Crippen molar-refractivity contribution in [2.75, 3.05) is 13.3 Å². The number of thioether (sulfide) groups is 1. The van der Waals surface area contributed by atoms with Crippen LogP contribution < -0.4 is 0 Å². The summed E-state index contributed by atoms with van der Waals surface area (Å²) in [5, 5.41) is 12.2. The van der Waals surface area contributed by atoms with Gasteiger partial charge >= 0.3 is 0 Å². The third-order valence-electron chi connectivity index (χ3n) is 4.58. The fourth-order valence-corrected chi connectivity index (χ4v) is 3.92. The Labute approximate surface area is 171 Å². The van der Waals surface area contributed by atoms with E-state index in [-0.39, 0.29) is 11.5 Å². The van der Waals surface area contributed by atoms with E-state index < -0.39 is 11.0 Å². The highest BCUT2D eigenvalue weighted by molar-refractivity contribution is 8.13. The maximum atomic E-state index is 12.3. The van der Waals surface area contributed by atoms with Crippen molar-refractivity contribution >= 4 is 40.0 Å². The van der Waals surface area contributed by atoms with Gasteiger partial charge in [0.15, 0.2) is 11.0 Å². The monoisotopic (exact) mass is 419 g/mol. The smallest absolute Gasteiger partial charge is 0.270 e. The number of benzene rings is 1. The van der Waals surface area contributed by atoms with Crippen LogP contribution >= 0.6 is 23.4 Å². The minimum atomic E-state index is -0.581. The number of non-ortho nitro benzene ring substituents is 1. The number of carbonyl (C=O) groups excluding carboxylic acids is 1. The molecule has 0 spiro atoms. The van der Waals surface area contributed by atoms with Gasteiger partial charge in [0, 0.05) is 36.0 Å². The summed E-state index contributed by atoms with van der Waals surface area (Å²) in [5.41, 5.74) is 1.68. The van der Waals surface area contributed by atoms with Gasteiger partial charge in [0.05, 0.1) is 9.95 Å². The number of rotatable bonds is 4. The molecule has 0 unspecified atom stereocenters. The highest BCUT2D eigenvalue weighted by Crippen LogP contribution is 2.39. The highest BCUT2D eigenvalue weighted by Gasteiger charge is 2.32. The number of nitro benzene ring substituents is 1. The molecule has 0 fully saturated rings. The Bertz CT molecular complexity index is 1030. The van der Waals surface area contributed by atoms with Crippen molar-refractivity contribution in [1.82, 2.24) is 4.90 Å². The summed E-state index contributed by atoms with van der Waals surface area (Å²) in [4.78, 5) is 29.4. The van der Waals surface area contributed by atoms with Crippen LogP contribution in [0.3, 0.4) is 0 Å². The quantitative estimate of drug-likeness (QED) is 0.507. The molecule has 0 bridgehead atoms. The highest BCUT2D eigenvalue weighted by atomic mass is 35.5. The standard InChI is InChI=1S/C19H18ClN3O4S/c1-10-17(11(2)24)18(21-19(28-4)22(10)3)16-8-7-15(27-16)13-9-12(23(25)26)5-6-14(13)20/h5-9,18H,1-4H3/t18-/m0/s1. The number of Topliss-reactive ketones (excluding diaryl/α,β-unsaturated/α-hetero) is 1. The Morgan fingerprint density at radius 3 is 2.68 bits per heavy atom. The number of aliphatic imine (C=N–C) groups is 1. The lowest BCUT2D eigenvalue weighted by atomic mass is 9.98. The van der Waals surface area contributed by atoms with Gasteiger partial charge in [-0.05, 0) is 38.3 Å². The molecular formula is C19H18ClN3O4S. The zero-order chi connectivity index (χ0) is 20.6. The second-order valence-electron chi connectivity index (χ2n) is 6.26. The average molecular weight is 420 g/mol. The van der Waals surface area contributed by atoms with Crippen LogP contribution in [0.1, 0.15) is 25.6 Å². The summed E-state index contributed by atoms with van der Waals surface area (Å²) in [6, 6.07) is 6.98. The molecule has 0 amide bonds. The van der Waals surface area contributed by atoms with E-state index in [1.807, 2.05) is 25.1 Å². The molecule has 1 aromatic carbocycles. The van der Waals surface area contributed by atoms with E-state index in [0.29, 0.717) is 27.7 Å². The number of allylic oxidation sites excluding steroid dienone is 1. The number of ketones is 1. The molecule has 2 aromatic rings. The first-order valence-electron chi connectivity index (χ1n) is 8.35. The predicted octanol–water partition coefficient (Wildman–Crippen LogP) is 5.08. The summed E-state index contributed by atoms with van der Waals surface area (Å²) in [5.74, 6) is 0.760. The number of halogens is 1. The molecule has 7 nitrogen and oxygen atoms in total. The van der Waals surface area contributed by atoms with Crippen LogP contribution in [0, 0.1) is 10.1 Å². The van der Waals surface area contributed by atoms with Crippen molar-refractivity contribution in [2.24, 2.45) is 4.99 Å². The van der Waals surface area contributed by atoms with Crippen LogP contribution in [-0.2, 0) is 4.79 Å². The molecule has 1 atom stereocenters. The van der Waals surface area contributed by atoms with E-state index in [2.05, 4.69) is 4.99 Å². The molecule has 28 heavy (non-hydrogen) atoms. The van der Waals surface area contributed by atoms with Gasteiger partial charge < -0.3 is 9.32 Å². The molecule has 0 radical (unpaired) electrons. The molecule has 3 rings (SSSR count). The molecule has 0 N–H and O–H groups in total. The molecule has 1 aliphatic rings. The van der Waals surface area contributed by atoms with Crippen LogP contribution in [0.5, 0.6) is 0 Å². The number of amidine groups is 1. The van der Waals surface area contributed by atoms with Gasteiger partial charge in [-0.25, -0.2) is 4.99 Å². The molecule has 0 saturated carbocycles. The van der Waals surface area contributed by atoms with Crippen molar-refractivity contribution in [1.29, 1.82) is 0 Å². The van der Waals surface area contributed by atoms with Gasteiger partial charge in [0.1, 0.15) is 17.6 Å². The second-order valence-corrected chi connectivity index (χ2v) is 7.44. The van der Waals surface area contributed by atoms with Crippen LogP contribution in [-0.4, -0.2) is 34.1 Å². The van der Waals surface area contributed by atoms with Gasteiger partial charge in [-0.15, -0.1) is 0 Å². The maximum Gasteiger partial charge on any atom is 0.270 e. The number of carbonyl (C=O) groups is 1. The molecule has 9 heteroatoms. The summed E-state index contributed by atoms with van der Waals surface area (Å²) < 4.78 is 5.95. The number of hydrogen-bond donors (Lipinski definition) is 0. The van der Waals surface area contributed by atoms with E-state index in [4.69, 9.17) is 16.0 Å². The van der Waals surface area contributed by atoms with E-state index in [1.165, 1.54) is 36.9 Å². The van der Waals surface area contributed by atoms with Gasteiger partial charge in [-0.1, -0.05) is 23.4 Å². The first-order valence-corrected chi connectivity index (χ1v) is 9.96. The van der Waals surface area contributed by atoms with Crippen molar-refractivity contribution in [2.45, 2.75) is 19.9 Å². The lowest BCUT2D eigenvalue weighted by Crippen LogP contribution is -2.30. The first kappa shape index (κ1) is 20.2. The molecule has 1 aromatic heterocycles. The number of nitrogens with zero attached hydrogens (tertiary/aromatic N) is 3. The number of furan rings is 1. The second kappa shape index (κ2) is 7.81. The van der Waals surface area contributed by atoms with Crippen LogP contribution in [0.4, 0.5) is 5.69 Å². The van der Waals surface area contributed by atoms with Crippen molar-refractivity contribution in [3.05, 3.63) is 62.5 Å². The Hall–Kier alpha value is -2.58. The van der Waals surface area contributed by atoms with Crippen LogP contribution in [0.2, 0.25) is 5.02 Å². The zero-order valence-electron chi connectivity index (χ0n) is 15.7. The Balaban J connectivity index is 2.08. The molecule has 146 valence electrons. The Morgan fingerprint density at radius 1 is 1.36 bits per heavy atom. The van der Waals surface area contributed by atoms with Gasteiger partial charge in [0.2, 0.25) is 0 Å². The average Bonchev–Trinajstić information content (AvgIpc) is 3.13. The molecule has 1 aliphatic heterocycles. The van der Waals surface area contributed by atoms with E-state index in [0.717, 1.165) is 10.9 Å². The minimum absolute atomic E-state index is 0.0838. The molecule has 0 saturated heterocycles. The number of hydrogen-bond acceptors (Lipinski definition) is 7. The largest absolute Gasteiger partial charge is 0.458 e. The normalized spacial score (nSPS) is 17.0. The third kappa shape index (κ3) is 3.57. The Morgan fingerprint density at radius 2 is 2.07 bits per heavy atom. The van der Waals surface area contributed by atoms with Gasteiger partial charge in [-0.2, -0.15) is 0 Å². The van der Waals surface area contributed by atoms with E-state index in [1.54, 1.807) is 12.1 Å². The molecule has 0 aliphatic carbocycles. The lowest BCUT2D eigenvalue weighted by molar-refractivity contribution is -0.384. The van der Waals surface area contributed by atoms with Gasteiger partial charge in [0.25, 0.3) is 5.69 Å². The number of nitro groups is 1. The minimum Gasteiger partial charge on any atom is -0.458 e. The van der Waals surface area contributed by atoms with E-state index >= 15 is 0 Å². The Kier molecular flexibility index (Phi) is 5.62. The van der Waals surface area contributed by atoms with Crippen LogP contribution in [0.15, 0.2) is 51.0 Å². The molecule has 2 heterocycles. The maximum absolute atomic E-state index is 12.3. The van der Waals surface area contributed by atoms with Gasteiger partial charge in [-0.3, -0.25) is 14.9 Å². The first-order chi connectivity index (χ1) is 13.2. The predicted molar refractivity (Wildman–Crippen MR) is 111 cm³/mol. The fourth-order valence-electron chi connectivity index (χ4n) is 3.09. The topological polar surface area (TPSA) is 89.0 Å². The van der Waals surface area contributed by atoms with Crippen molar-refractivity contribution < 1.29 is 14.1 Å². The summed E-state index contributed by atoms with van der Waals surface area (Å²) >= 11 is 7.69. The summed E-state index contributed by atoms with van der Waals surface area (Å²) in [6.45, 7) is 3.37. The van der Waals surface area contributed by atoms with Crippen LogP contribution in [0.25, 0.3) is 11.3 Å².